The predicted octanol–water partition coefficient (Wildman–Crippen LogP) is 5.24. The van der Waals surface area contributed by atoms with Gasteiger partial charge in [0.2, 0.25) is 11.8 Å². The van der Waals surface area contributed by atoms with E-state index < -0.39 is 11.9 Å². The highest BCUT2D eigenvalue weighted by atomic mass is 19.1. The summed E-state index contributed by atoms with van der Waals surface area (Å²) in [5, 5.41) is 5.50. The number of nitrogens with one attached hydrogen (secondary N) is 2. The first-order valence-electron chi connectivity index (χ1n) is 12.5. The standard InChI is InChI=1S/C27H32FN5O5/c1-35-20-8-9-22(24(18-20)36-2)31-27(34)38-25-11-12-29-26(32-25)30-19-7-10-23(21(28)17-19)37-16-6-15-33-13-4-3-5-14-33/h7-12,17-18H,3-6,13-16H2,1-2H3,(H,31,34)(H,29,30,32). The van der Waals surface area contributed by atoms with Crippen LogP contribution < -0.4 is 29.6 Å². The fourth-order valence-corrected chi connectivity index (χ4v) is 4.07. The molecule has 3 aromatic rings. The summed E-state index contributed by atoms with van der Waals surface area (Å²) in [6, 6.07) is 10.9. The van der Waals surface area contributed by atoms with Gasteiger partial charge in [0.05, 0.1) is 26.5 Å². The van der Waals surface area contributed by atoms with Gasteiger partial charge < -0.3 is 29.2 Å². The number of halogens is 1. The molecule has 1 aromatic heterocycles. The topological polar surface area (TPSA) is 107 Å². The van der Waals surface area contributed by atoms with Crippen molar-refractivity contribution in [3.63, 3.8) is 0 Å². The number of aromatic nitrogens is 2. The first kappa shape index (κ1) is 26.9. The number of likely N-dealkylation sites (tertiary alicyclic amines) is 1. The molecule has 0 spiro atoms. The molecule has 1 amide bonds. The maximum atomic E-state index is 14.6. The first-order chi connectivity index (χ1) is 18.5. The lowest BCUT2D eigenvalue weighted by Gasteiger charge is -2.26. The molecule has 2 N–H and O–H groups in total. The highest BCUT2D eigenvalue weighted by molar-refractivity contribution is 5.88. The van der Waals surface area contributed by atoms with Crippen LogP contribution >= 0.6 is 0 Å². The number of benzene rings is 2. The molecule has 0 aliphatic carbocycles. The second-order valence-corrected chi connectivity index (χ2v) is 8.67. The van der Waals surface area contributed by atoms with E-state index in [-0.39, 0.29) is 17.6 Å². The van der Waals surface area contributed by atoms with Crippen LogP contribution in [0.5, 0.6) is 23.1 Å². The van der Waals surface area contributed by atoms with E-state index in [9.17, 15) is 9.18 Å². The van der Waals surface area contributed by atoms with Crippen molar-refractivity contribution < 1.29 is 28.1 Å². The fraction of sp³-hybridized carbons (Fsp3) is 0.370. The number of hydrogen-bond donors (Lipinski definition) is 2. The van der Waals surface area contributed by atoms with Crippen LogP contribution in [-0.2, 0) is 0 Å². The van der Waals surface area contributed by atoms with Crippen LogP contribution in [0.4, 0.5) is 26.5 Å². The van der Waals surface area contributed by atoms with Gasteiger partial charge in [-0.25, -0.2) is 14.2 Å². The maximum Gasteiger partial charge on any atom is 0.418 e. The van der Waals surface area contributed by atoms with E-state index >= 15 is 0 Å². The molecule has 1 aliphatic heterocycles. The van der Waals surface area contributed by atoms with Gasteiger partial charge in [0.1, 0.15) is 11.5 Å². The Bertz CT molecular complexity index is 1220. The molecule has 202 valence electrons. The van der Waals surface area contributed by atoms with Crippen molar-refractivity contribution in [3.8, 4) is 23.1 Å². The third-order valence-electron chi connectivity index (χ3n) is 5.99. The SMILES string of the molecule is COc1ccc(NC(=O)Oc2ccnc(Nc3ccc(OCCCN4CCCCC4)c(F)c3)n2)c(OC)c1. The van der Waals surface area contributed by atoms with Crippen LogP contribution in [-0.4, -0.2) is 61.4 Å². The van der Waals surface area contributed by atoms with Crippen molar-refractivity contribution in [2.24, 2.45) is 0 Å². The number of nitrogens with zero attached hydrogens (tertiary/aromatic N) is 3. The molecular weight excluding hydrogens is 493 g/mol. The van der Waals surface area contributed by atoms with Crippen LogP contribution in [0.2, 0.25) is 0 Å². The molecule has 10 nitrogen and oxygen atoms in total. The van der Waals surface area contributed by atoms with E-state index in [0.717, 1.165) is 26.1 Å². The molecule has 1 saturated heterocycles. The van der Waals surface area contributed by atoms with Gasteiger partial charge in [-0.15, -0.1) is 0 Å². The summed E-state index contributed by atoms with van der Waals surface area (Å²) in [4.78, 5) is 23.1. The van der Waals surface area contributed by atoms with Crippen molar-refractivity contribution in [1.82, 2.24) is 14.9 Å². The zero-order valence-corrected chi connectivity index (χ0v) is 21.5. The quantitative estimate of drug-likeness (QED) is 0.325. The Labute approximate surface area is 221 Å². The van der Waals surface area contributed by atoms with Gasteiger partial charge in [-0.05, 0) is 56.6 Å². The molecule has 4 rings (SSSR count). The first-order valence-corrected chi connectivity index (χ1v) is 12.5. The van der Waals surface area contributed by atoms with Crippen molar-refractivity contribution in [2.45, 2.75) is 25.7 Å². The second kappa shape index (κ2) is 13.4. The summed E-state index contributed by atoms with van der Waals surface area (Å²) in [5.41, 5.74) is 0.822. The summed E-state index contributed by atoms with van der Waals surface area (Å²) in [6.07, 6.45) is 5.28. The monoisotopic (exact) mass is 525 g/mol. The normalized spacial score (nSPS) is 13.4. The maximum absolute atomic E-state index is 14.6. The minimum atomic E-state index is -0.772. The summed E-state index contributed by atoms with van der Waals surface area (Å²) in [7, 11) is 3.01. The molecule has 1 aliphatic rings. The highest BCUT2D eigenvalue weighted by Gasteiger charge is 2.13. The molecule has 0 atom stereocenters. The number of anilines is 3. The van der Waals surface area contributed by atoms with Gasteiger partial charge in [-0.1, -0.05) is 6.42 Å². The minimum absolute atomic E-state index is 0.00149. The van der Waals surface area contributed by atoms with Crippen LogP contribution in [0.25, 0.3) is 0 Å². The number of ether oxygens (including phenoxy) is 4. The predicted molar refractivity (Wildman–Crippen MR) is 141 cm³/mol. The average molecular weight is 526 g/mol. The average Bonchev–Trinajstić information content (AvgIpc) is 2.93. The van der Waals surface area contributed by atoms with Crippen LogP contribution in [0.15, 0.2) is 48.7 Å². The van der Waals surface area contributed by atoms with Gasteiger partial charge in [-0.3, -0.25) is 5.32 Å². The van der Waals surface area contributed by atoms with Gasteiger partial charge in [0, 0.05) is 36.6 Å². The van der Waals surface area contributed by atoms with E-state index in [1.807, 2.05) is 0 Å². The van der Waals surface area contributed by atoms with E-state index in [1.165, 1.54) is 51.8 Å². The lowest BCUT2D eigenvalue weighted by Crippen LogP contribution is -2.31. The van der Waals surface area contributed by atoms with Crippen LogP contribution in [0.1, 0.15) is 25.7 Å². The molecule has 0 saturated carbocycles. The van der Waals surface area contributed by atoms with Crippen molar-refractivity contribution >= 4 is 23.4 Å². The van der Waals surface area contributed by atoms with Gasteiger partial charge in [-0.2, -0.15) is 4.98 Å². The number of carbonyl (C=O) groups is 1. The zero-order valence-electron chi connectivity index (χ0n) is 21.5. The van der Waals surface area contributed by atoms with Crippen LogP contribution in [0.3, 0.4) is 0 Å². The smallest absolute Gasteiger partial charge is 0.418 e. The number of methoxy groups -OCH3 is 2. The lowest BCUT2D eigenvalue weighted by molar-refractivity contribution is 0.203. The molecule has 11 heteroatoms. The molecule has 1 fully saturated rings. The van der Waals surface area contributed by atoms with E-state index in [4.69, 9.17) is 18.9 Å². The third-order valence-corrected chi connectivity index (χ3v) is 5.99. The lowest BCUT2D eigenvalue weighted by atomic mass is 10.1. The van der Waals surface area contributed by atoms with Crippen molar-refractivity contribution in [1.29, 1.82) is 0 Å². The van der Waals surface area contributed by atoms with E-state index in [0.29, 0.717) is 29.5 Å². The number of piperidine rings is 1. The molecule has 38 heavy (non-hydrogen) atoms. The van der Waals surface area contributed by atoms with E-state index in [1.54, 1.807) is 30.3 Å². The number of hydrogen-bond acceptors (Lipinski definition) is 9. The number of carbonyl (C=O) groups excluding carboxylic acids is 1. The van der Waals surface area contributed by atoms with Crippen LogP contribution in [0, 0.1) is 5.82 Å². The van der Waals surface area contributed by atoms with Crippen molar-refractivity contribution in [2.75, 3.05) is 51.1 Å². The fourth-order valence-electron chi connectivity index (χ4n) is 4.07. The Hall–Kier alpha value is -4.12. The Balaban J connectivity index is 1.29. The zero-order chi connectivity index (χ0) is 26.7. The summed E-state index contributed by atoms with van der Waals surface area (Å²) >= 11 is 0. The molecule has 0 unspecified atom stereocenters. The van der Waals surface area contributed by atoms with Crippen molar-refractivity contribution in [3.05, 3.63) is 54.5 Å². The van der Waals surface area contributed by atoms with Gasteiger partial charge in [0.15, 0.2) is 11.6 Å². The van der Waals surface area contributed by atoms with Gasteiger partial charge >= 0.3 is 6.09 Å². The molecule has 0 radical (unpaired) electrons. The summed E-state index contributed by atoms with van der Waals surface area (Å²) < 4.78 is 35.9. The van der Waals surface area contributed by atoms with Gasteiger partial charge in [0.25, 0.3) is 0 Å². The second-order valence-electron chi connectivity index (χ2n) is 8.67. The molecule has 2 heterocycles. The Kier molecular flexibility index (Phi) is 9.52. The number of amides is 1. The Morgan fingerprint density at radius 2 is 1.87 bits per heavy atom. The van der Waals surface area contributed by atoms with E-state index in [2.05, 4.69) is 25.5 Å². The largest absolute Gasteiger partial charge is 0.497 e. The Morgan fingerprint density at radius 1 is 1.03 bits per heavy atom. The number of rotatable bonds is 11. The summed E-state index contributed by atoms with van der Waals surface area (Å²) in [5.74, 6) is 0.818. The molecule has 2 aromatic carbocycles. The molecule has 0 bridgehead atoms. The summed E-state index contributed by atoms with van der Waals surface area (Å²) in [6.45, 7) is 3.67. The highest BCUT2D eigenvalue weighted by Crippen LogP contribution is 2.29. The Morgan fingerprint density at radius 3 is 2.63 bits per heavy atom. The minimum Gasteiger partial charge on any atom is -0.497 e. The third kappa shape index (κ3) is 7.69. The molecular formula is C27H32FN5O5.